The van der Waals surface area contributed by atoms with Crippen molar-refractivity contribution in [1.29, 1.82) is 0 Å². The fourth-order valence-electron chi connectivity index (χ4n) is 4.35. The van der Waals surface area contributed by atoms with Gasteiger partial charge in [-0.3, -0.25) is 4.98 Å². The zero-order valence-electron chi connectivity index (χ0n) is 15.8. The first-order valence-electron chi connectivity index (χ1n) is 9.62. The van der Waals surface area contributed by atoms with E-state index in [1.54, 1.807) is 0 Å². The molecular formula is C19H23F3N6S. The quantitative estimate of drug-likeness (QED) is 0.775. The Morgan fingerprint density at radius 1 is 1.14 bits per heavy atom. The molecule has 2 fully saturated rings. The summed E-state index contributed by atoms with van der Waals surface area (Å²) in [7, 11) is 0. The van der Waals surface area contributed by atoms with Crippen LogP contribution in [-0.2, 0) is 6.18 Å². The van der Waals surface area contributed by atoms with Crippen LogP contribution in [0.3, 0.4) is 0 Å². The maximum Gasteiger partial charge on any atom is 0.434 e. The summed E-state index contributed by atoms with van der Waals surface area (Å²) in [5, 5.41) is 0. The van der Waals surface area contributed by atoms with Crippen molar-refractivity contribution in [2.75, 3.05) is 23.7 Å². The van der Waals surface area contributed by atoms with E-state index in [9.17, 15) is 13.2 Å². The van der Waals surface area contributed by atoms with Crippen LogP contribution in [-0.4, -0.2) is 34.1 Å². The van der Waals surface area contributed by atoms with Crippen molar-refractivity contribution >= 4 is 23.5 Å². The van der Waals surface area contributed by atoms with Crippen LogP contribution in [0.1, 0.15) is 37.8 Å². The van der Waals surface area contributed by atoms with Gasteiger partial charge < -0.3 is 16.4 Å². The van der Waals surface area contributed by atoms with Crippen molar-refractivity contribution in [3.8, 4) is 0 Å². The minimum atomic E-state index is -4.54. The van der Waals surface area contributed by atoms with Crippen molar-refractivity contribution in [3.63, 3.8) is 0 Å². The van der Waals surface area contributed by atoms with E-state index in [1.807, 2.05) is 0 Å². The number of hydrogen-bond donors (Lipinski definition) is 2. The molecule has 2 aromatic rings. The smallest absolute Gasteiger partial charge is 0.383 e. The van der Waals surface area contributed by atoms with Gasteiger partial charge in [0.15, 0.2) is 5.69 Å². The lowest BCUT2D eigenvalue weighted by atomic mass is 9.74. The van der Waals surface area contributed by atoms with E-state index in [0.29, 0.717) is 10.8 Å². The Morgan fingerprint density at radius 2 is 1.90 bits per heavy atom. The van der Waals surface area contributed by atoms with Crippen molar-refractivity contribution in [3.05, 3.63) is 30.2 Å². The molecule has 4 rings (SSSR count). The maximum atomic E-state index is 13.2. The van der Waals surface area contributed by atoms with Gasteiger partial charge in [0.2, 0.25) is 5.95 Å². The van der Waals surface area contributed by atoms with Crippen LogP contribution in [0.5, 0.6) is 0 Å². The van der Waals surface area contributed by atoms with E-state index < -0.39 is 11.9 Å². The molecule has 1 aliphatic heterocycles. The predicted molar refractivity (Wildman–Crippen MR) is 106 cm³/mol. The molecule has 1 spiro atoms. The van der Waals surface area contributed by atoms with E-state index in [4.69, 9.17) is 11.5 Å². The molecule has 6 nitrogen and oxygen atoms in total. The second-order valence-electron chi connectivity index (χ2n) is 7.72. The highest BCUT2D eigenvalue weighted by Gasteiger charge is 2.43. The molecule has 0 bridgehead atoms. The second kappa shape index (κ2) is 7.64. The molecule has 10 heteroatoms. The third kappa shape index (κ3) is 4.00. The molecule has 4 N–H and O–H groups in total. The first-order chi connectivity index (χ1) is 13.8. The standard InChI is InChI=1S/C19H23F3N6S/c20-19(21,22)15-12(3-2-8-25-15)29-13-11-26-17(27-16(13)24)28-9-6-18(7-10-28)5-1-4-14(18)23/h2-3,8,11,14H,1,4-7,9-10,23H2,(H2,24,26,27). The molecule has 0 aromatic carbocycles. The van der Waals surface area contributed by atoms with Crippen LogP contribution in [0.15, 0.2) is 34.3 Å². The molecule has 1 aliphatic carbocycles. The molecule has 156 valence electrons. The Labute approximate surface area is 171 Å². The molecule has 1 saturated carbocycles. The fraction of sp³-hybridized carbons (Fsp3) is 0.526. The number of aromatic nitrogens is 3. The van der Waals surface area contributed by atoms with Gasteiger partial charge >= 0.3 is 6.18 Å². The van der Waals surface area contributed by atoms with Crippen molar-refractivity contribution in [2.45, 2.75) is 54.1 Å². The summed E-state index contributed by atoms with van der Waals surface area (Å²) in [6, 6.07) is 3.08. The summed E-state index contributed by atoms with van der Waals surface area (Å²) < 4.78 is 39.5. The number of hydrogen-bond acceptors (Lipinski definition) is 7. The number of piperidine rings is 1. The zero-order chi connectivity index (χ0) is 20.6. The molecule has 3 heterocycles. The maximum absolute atomic E-state index is 13.2. The molecule has 0 amide bonds. The van der Waals surface area contributed by atoms with E-state index in [-0.39, 0.29) is 22.2 Å². The number of nitrogen functional groups attached to an aromatic ring is 1. The summed E-state index contributed by atoms with van der Waals surface area (Å²) in [4.78, 5) is 14.6. The van der Waals surface area contributed by atoms with Crippen LogP contribution in [0.4, 0.5) is 24.9 Å². The average Bonchev–Trinajstić information content (AvgIpc) is 3.03. The van der Waals surface area contributed by atoms with Crippen LogP contribution in [0.25, 0.3) is 0 Å². The summed E-state index contributed by atoms with van der Waals surface area (Å²) in [5.74, 6) is 0.672. The van der Waals surface area contributed by atoms with Gasteiger partial charge in [-0.15, -0.1) is 0 Å². The SMILES string of the molecule is Nc1nc(N2CCC3(CCCC3N)CC2)ncc1Sc1cccnc1C(F)(F)F. The Bertz CT molecular complexity index is 882. The van der Waals surface area contributed by atoms with Crippen molar-refractivity contribution in [2.24, 2.45) is 11.1 Å². The highest BCUT2D eigenvalue weighted by atomic mass is 32.2. The Kier molecular flexibility index (Phi) is 5.32. The molecular weight excluding hydrogens is 401 g/mol. The molecule has 1 saturated heterocycles. The number of rotatable bonds is 3. The average molecular weight is 424 g/mol. The number of alkyl halides is 3. The van der Waals surface area contributed by atoms with Gasteiger partial charge in [-0.2, -0.15) is 18.2 Å². The van der Waals surface area contributed by atoms with Gasteiger partial charge in [0.05, 0.1) is 4.90 Å². The van der Waals surface area contributed by atoms with E-state index in [0.717, 1.165) is 50.3 Å². The van der Waals surface area contributed by atoms with Gasteiger partial charge in [0.25, 0.3) is 0 Å². The normalized spacial score (nSPS) is 21.7. The third-order valence-electron chi connectivity index (χ3n) is 6.05. The van der Waals surface area contributed by atoms with Crippen LogP contribution in [0, 0.1) is 5.41 Å². The fourth-order valence-corrected chi connectivity index (χ4v) is 5.25. The summed E-state index contributed by atoms with van der Waals surface area (Å²) in [6.07, 6.45) is 3.51. The molecule has 1 unspecified atom stereocenters. The number of halogens is 3. The zero-order valence-corrected chi connectivity index (χ0v) is 16.6. The number of nitrogens with zero attached hydrogens (tertiary/aromatic N) is 4. The van der Waals surface area contributed by atoms with Gasteiger partial charge in [0, 0.05) is 36.4 Å². The first kappa shape index (κ1) is 20.2. The Morgan fingerprint density at radius 3 is 2.52 bits per heavy atom. The van der Waals surface area contributed by atoms with Gasteiger partial charge in [-0.25, -0.2) is 4.98 Å². The first-order valence-corrected chi connectivity index (χ1v) is 10.4. The Hall–Kier alpha value is -2.07. The third-order valence-corrected chi connectivity index (χ3v) is 7.13. The summed E-state index contributed by atoms with van der Waals surface area (Å²) in [6.45, 7) is 1.61. The monoisotopic (exact) mass is 424 g/mol. The van der Waals surface area contributed by atoms with E-state index in [1.165, 1.54) is 31.2 Å². The molecule has 0 radical (unpaired) electrons. The molecule has 2 aromatic heterocycles. The van der Waals surface area contributed by atoms with E-state index in [2.05, 4.69) is 19.9 Å². The van der Waals surface area contributed by atoms with Crippen molar-refractivity contribution in [1.82, 2.24) is 15.0 Å². The lowest BCUT2D eigenvalue weighted by molar-refractivity contribution is -0.143. The highest BCUT2D eigenvalue weighted by molar-refractivity contribution is 7.99. The van der Waals surface area contributed by atoms with Gasteiger partial charge in [-0.05, 0) is 43.2 Å². The number of pyridine rings is 1. The second-order valence-corrected chi connectivity index (χ2v) is 8.80. The summed E-state index contributed by atoms with van der Waals surface area (Å²) >= 11 is 0.871. The van der Waals surface area contributed by atoms with Crippen LogP contribution >= 0.6 is 11.8 Å². The number of nitrogens with two attached hydrogens (primary N) is 2. The lowest BCUT2D eigenvalue weighted by Crippen LogP contribution is -2.47. The van der Waals surface area contributed by atoms with Crippen LogP contribution in [0.2, 0.25) is 0 Å². The predicted octanol–water partition coefficient (Wildman–Crippen LogP) is 3.72. The molecule has 29 heavy (non-hydrogen) atoms. The molecule has 2 aliphatic rings. The highest BCUT2D eigenvalue weighted by Crippen LogP contribution is 2.46. The van der Waals surface area contributed by atoms with Crippen LogP contribution < -0.4 is 16.4 Å². The van der Waals surface area contributed by atoms with Gasteiger partial charge in [-0.1, -0.05) is 18.2 Å². The largest absolute Gasteiger partial charge is 0.434 e. The minimum absolute atomic E-state index is 0.0295. The Balaban J connectivity index is 1.48. The number of anilines is 2. The van der Waals surface area contributed by atoms with E-state index >= 15 is 0 Å². The van der Waals surface area contributed by atoms with Crippen molar-refractivity contribution < 1.29 is 13.2 Å². The topological polar surface area (TPSA) is 94.0 Å². The lowest BCUT2D eigenvalue weighted by Gasteiger charge is -2.42. The summed E-state index contributed by atoms with van der Waals surface area (Å²) in [5.41, 5.74) is 11.7. The van der Waals surface area contributed by atoms with Gasteiger partial charge in [0.1, 0.15) is 5.82 Å². The molecule has 1 atom stereocenters. The minimum Gasteiger partial charge on any atom is -0.383 e.